The molecule has 2 aromatic carbocycles. The second-order valence-electron chi connectivity index (χ2n) is 6.31. The van der Waals surface area contributed by atoms with E-state index >= 15 is 0 Å². The van der Waals surface area contributed by atoms with Gasteiger partial charge in [-0.3, -0.25) is 24.1 Å². The van der Waals surface area contributed by atoms with Gasteiger partial charge >= 0.3 is 0 Å². The van der Waals surface area contributed by atoms with E-state index in [2.05, 4.69) is 5.32 Å². The molecule has 3 rings (SSSR count). The lowest BCUT2D eigenvalue weighted by atomic mass is 10.1. The lowest BCUT2D eigenvalue weighted by molar-refractivity contribution is -0.125. The highest BCUT2D eigenvalue weighted by Gasteiger charge is 2.29. The van der Waals surface area contributed by atoms with Crippen molar-refractivity contribution in [2.24, 2.45) is 0 Å². The van der Waals surface area contributed by atoms with Crippen LogP contribution in [0.3, 0.4) is 0 Å². The zero-order valence-electron chi connectivity index (χ0n) is 15.3. The number of carbonyl (C=O) groups is 4. The van der Waals surface area contributed by atoms with E-state index in [1.807, 2.05) is 18.2 Å². The van der Waals surface area contributed by atoms with E-state index < -0.39 is 0 Å². The first kappa shape index (κ1) is 19.6. The fourth-order valence-corrected chi connectivity index (χ4v) is 3.47. The van der Waals surface area contributed by atoms with Gasteiger partial charge in [-0.05, 0) is 29.8 Å². The molecule has 4 amide bonds. The Balaban J connectivity index is 1.62. The maximum Gasteiger partial charge on any atom is 0.289 e. The minimum absolute atomic E-state index is 0.0995. The number of amides is 4. The Kier molecular flexibility index (Phi) is 6.10. The number of likely N-dealkylation sites (N-methyl/N-ethyl adjacent to an activating group) is 1. The molecule has 0 bridgehead atoms. The first-order valence-electron chi connectivity index (χ1n) is 8.60. The number of carbonyl (C=O) groups excluding carboxylic acids is 4. The van der Waals surface area contributed by atoms with Crippen LogP contribution in [0.5, 0.6) is 0 Å². The number of nitrogens with one attached hydrogen (secondary N) is 1. The Morgan fingerprint density at radius 1 is 1.11 bits per heavy atom. The third-order valence-corrected chi connectivity index (χ3v) is 5.00. The molecule has 1 aliphatic rings. The van der Waals surface area contributed by atoms with Crippen molar-refractivity contribution < 1.29 is 19.2 Å². The first-order valence-corrected chi connectivity index (χ1v) is 9.59. The lowest BCUT2D eigenvalue weighted by Crippen LogP contribution is -2.35. The maximum absolute atomic E-state index is 12.6. The normalized spacial score (nSPS) is 13.5. The van der Waals surface area contributed by atoms with Crippen LogP contribution in [0.4, 0.5) is 10.5 Å². The number of nitrogens with zero attached hydrogens (tertiary/aromatic N) is 2. The number of para-hydroxylation sites is 1. The predicted octanol–water partition coefficient (Wildman–Crippen LogP) is 2.59. The molecule has 1 aliphatic heterocycles. The van der Waals surface area contributed by atoms with E-state index in [4.69, 9.17) is 0 Å². The van der Waals surface area contributed by atoms with Gasteiger partial charge in [0.05, 0.1) is 18.8 Å². The summed E-state index contributed by atoms with van der Waals surface area (Å²) in [5.74, 6) is -0.708. The summed E-state index contributed by atoms with van der Waals surface area (Å²) in [7, 11) is 1.55. The number of imide groups is 1. The standard InChI is InChI=1S/C20H19N3O4S/c1-22(12-17(24)21-16-8-3-2-4-9-16)19(26)15-7-5-6-14(10-15)11-23-18(25)13-28-20(23)27/h2-10H,11-13H2,1H3,(H,21,24). The monoisotopic (exact) mass is 397 g/mol. The maximum atomic E-state index is 12.6. The molecule has 8 heteroatoms. The van der Waals surface area contributed by atoms with E-state index in [1.54, 1.807) is 43.4 Å². The number of hydrogen-bond donors (Lipinski definition) is 1. The number of hydrogen-bond acceptors (Lipinski definition) is 5. The molecule has 28 heavy (non-hydrogen) atoms. The van der Waals surface area contributed by atoms with Crippen molar-refractivity contribution in [2.45, 2.75) is 6.54 Å². The highest BCUT2D eigenvalue weighted by atomic mass is 32.2. The van der Waals surface area contributed by atoms with E-state index in [9.17, 15) is 19.2 Å². The number of thioether (sulfide) groups is 1. The van der Waals surface area contributed by atoms with Gasteiger partial charge in [-0.25, -0.2) is 0 Å². The third kappa shape index (κ3) is 4.77. The Morgan fingerprint density at radius 2 is 1.86 bits per heavy atom. The molecule has 7 nitrogen and oxygen atoms in total. The Hall–Kier alpha value is -3.13. The summed E-state index contributed by atoms with van der Waals surface area (Å²) in [5, 5.41) is 2.45. The first-order chi connectivity index (χ1) is 13.4. The van der Waals surface area contributed by atoms with Gasteiger partial charge in [0.2, 0.25) is 11.8 Å². The van der Waals surface area contributed by atoms with E-state index in [1.165, 1.54) is 9.80 Å². The highest BCUT2D eigenvalue weighted by molar-refractivity contribution is 8.14. The van der Waals surface area contributed by atoms with E-state index in [-0.39, 0.29) is 41.8 Å². The molecule has 0 atom stereocenters. The van der Waals surface area contributed by atoms with Crippen LogP contribution in [0.25, 0.3) is 0 Å². The third-order valence-electron chi connectivity index (χ3n) is 4.14. The van der Waals surface area contributed by atoms with Gasteiger partial charge in [0, 0.05) is 18.3 Å². The molecular formula is C20H19N3O4S. The molecule has 0 aliphatic carbocycles. The number of anilines is 1. The van der Waals surface area contributed by atoms with Gasteiger partial charge in [-0.2, -0.15) is 0 Å². The van der Waals surface area contributed by atoms with Crippen molar-refractivity contribution in [3.63, 3.8) is 0 Å². The summed E-state index contributed by atoms with van der Waals surface area (Å²) in [6.45, 7) is 0.0295. The fourth-order valence-electron chi connectivity index (χ4n) is 2.75. The summed E-state index contributed by atoms with van der Waals surface area (Å²) in [6, 6.07) is 15.7. The second-order valence-corrected chi connectivity index (χ2v) is 7.24. The van der Waals surface area contributed by atoms with Gasteiger partial charge in [-0.1, -0.05) is 42.1 Å². The minimum atomic E-state index is -0.321. The zero-order valence-corrected chi connectivity index (χ0v) is 16.1. The molecule has 1 fully saturated rings. The Morgan fingerprint density at radius 3 is 2.54 bits per heavy atom. The minimum Gasteiger partial charge on any atom is -0.332 e. The zero-order chi connectivity index (χ0) is 20.1. The lowest BCUT2D eigenvalue weighted by Gasteiger charge is -2.18. The predicted molar refractivity (Wildman–Crippen MR) is 107 cm³/mol. The smallest absolute Gasteiger partial charge is 0.289 e. The van der Waals surface area contributed by atoms with Crippen molar-refractivity contribution in [1.29, 1.82) is 0 Å². The number of rotatable bonds is 6. The van der Waals surface area contributed by atoms with Crippen LogP contribution in [0.2, 0.25) is 0 Å². The van der Waals surface area contributed by atoms with Gasteiger partial charge in [0.15, 0.2) is 0 Å². The quantitative estimate of drug-likeness (QED) is 0.810. The Bertz CT molecular complexity index is 901. The highest BCUT2D eigenvalue weighted by Crippen LogP contribution is 2.21. The molecule has 0 saturated carbocycles. The van der Waals surface area contributed by atoms with Crippen LogP contribution in [0.15, 0.2) is 54.6 Å². The molecule has 2 aromatic rings. The number of benzene rings is 2. The van der Waals surface area contributed by atoms with Crippen LogP contribution < -0.4 is 5.32 Å². The molecule has 0 aromatic heterocycles. The SMILES string of the molecule is CN(CC(=O)Nc1ccccc1)C(=O)c1cccc(CN2C(=O)CSC2=O)c1. The van der Waals surface area contributed by atoms with Gasteiger partial charge in [0.25, 0.3) is 11.1 Å². The van der Waals surface area contributed by atoms with Crippen LogP contribution >= 0.6 is 11.8 Å². The summed E-state index contributed by atoms with van der Waals surface area (Å²) >= 11 is 0.973. The second kappa shape index (κ2) is 8.71. The fraction of sp³-hybridized carbons (Fsp3) is 0.200. The average molecular weight is 397 g/mol. The van der Waals surface area contributed by atoms with E-state index in [0.29, 0.717) is 16.8 Å². The van der Waals surface area contributed by atoms with Crippen LogP contribution in [-0.2, 0) is 16.1 Å². The molecule has 1 N–H and O–H groups in total. The van der Waals surface area contributed by atoms with Crippen LogP contribution in [0, 0.1) is 0 Å². The van der Waals surface area contributed by atoms with Crippen LogP contribution in [-0.4, -0.2) is 52.1 Å². The average Bonchev–Trinajstić information content (AvgIpc) is 3.00. The summed E-state index contributed by atoms with van der Waals surface area (Å²) in [4.78, 5) is 50.8. The van der Waals surface area contributed by atoms with Crippen molar-refractivity contribution in [2.75, 3.05) is 24.7 Å². The van der Waals surface area contributed by atoms with Crippen LogP contribution in [0.1, 0.15) is 15.9 Å². The summed E-state index contributed by atoms with van der Waals surface area (Å²) in [5.41, 5.74) is 1.73. The van der Waals surface area contributed by atoms with Crippen molar-refractivity contribution in [3.05, 3.63) is 65.7 Å². The molecule has 1 saturated heterocycles. The summed E-state index contributed by atoms with van der Waals surface area (Å²) < 4.78 is 0. The molecular weight excluding hydrogens is 378 g/mol. The van der Waals surface area contributed by atoms with Gasteiger partial charge in [0.1, 0.15) is 0 Å². The topological polar surface area (TPSA) is 86.8 Å². The Labute approximate surface area is 166 Å². The molecule has 144 valence electrons. The van der Waals surface area contributed by atoms with Gasteiger partial charge < -0.3 is 10.2 Å². The molecule has 0 spiro atoms. The molecule has 0 unspecified atom stereocenters. The van der Waals surface area contributed by atoms with Crippen molar-refractivity contribution in [1.82, 2.24) is 9.80 Å². The molecule has 0 radical (unpaired) electrons. The van der Waals surface area contributed by atoms with E-state index in [0.717, 1.165) is 11.8 Å². The van der Waals surface area contributed by atoms with Gasteiger partial charge in [-0.15, -0.1) is 0 Å². The largest absolute Gasteiger partial charge is 0.332 e. The molecule has 1 heterocycles. The van der Waals surface area contributed by atoms with Crippen molar-refractivity contribution in [3.8, 4) is 0 Å². The van der Waals surface area contributed by atoms with Crippen molar-refractivity contribution >= 4 is 40.4 Å². The summed E-state index contributed by atoms with van der Waals surface area (Å²) in [6.07, 6.45) is 0.